The van der Waals surface area contributed by atoms with Crippen LogP contribution in [0, 0.1) is 11.8 Å². The molecule has 0 bridgehead atoms. The first kappa shape index (κ1) is 18.8. The lowest BCUT2D eigenvalue weighted by atomic mass is 9.85. The molecule has 1 fully saturated rings. The van der Waals surface area contributed by atoms with Crippen molar-refractivity contribution < 1.29 is 23.9 Å². The third-order valence-corrected chi connectivity index (χ3v) is 4.93. The largest absolute Gasteiger partial charge is 0.454 e. The molecule has 27 heavy (non-hydrogen) atoms. The number of carbonyl (C=O) groups is 4. The van der Waals surface area contributed by atoms with E-state index >= 15 is 0 Å². The number of hydrogen-bond donors (Lipinski definition) is 1. The molecule has 0 radical (unpaired) electrons. The third-order valence-electron chi connectivity index (χ3n) is 4.93. The minimum Gasteiger partial charge on any atom is -0.454 e. The Morgan fingerprint density at radius 1 is 1.11 bits per heavy atom. The number of benzene rings is 1. The Morgan fingerprint density at radius 3 is 2.30 bits per heavy atom. The fourth-order valence-electron chi connectivity index (χ4n) is 3.45. The summed E-state index contributed by atoms with van der Waals surface area (Å²) < 4.78 is 4.94. The van der Waals surface area contributed by atoms with E-state index < -0.39 is 25.0 Å². The molecule has 3 amide bonds. The van der Waals surface area contributed by atoms with Crippen LogP contribution in [-0.4, -0.2) is 41.7 Å². The Kier molecular flexibility index (Phi) is 5.69. The summed E-state index contributed by atoms with van der Waals surface area (Å²) in [5.74, 6) is -2.67. The average Bonchev–Trinajstić information content (AvgIpc) is 2.92. The molecule has 1 heterocycles. The zero-order chi connectivity index (χ0) is 19.4. The molecule has 7 heteroatoms. The number of esters is 1. The molecule has 1 N–H and O–H groups in total. The lowest BCUT2D eigenvalue weighted by Crippen LogP contribution is -2.38. The van der Waals surface area contributed by atoms with Crippen LogP contribution in [0.5, 0.6) is 0 Å². The SMILES string of the molecule is C[C@H](NC(=O)COC(=O)CN1C(=O)[C@H]2CC=CC[C@H]2C1=O)c1ccccc1. The van der Waals surface area contributed by atoms with E-state index in [0.29, 0.717) is 12.8 Å². The number of amides is 3. The maximum absolute atomic E-state index is 12.3. The van der Waals surface area contributed by atoms with Crippen LogP contribution in [-0.2, 0) is 23.9 Å². The normalized spacial score (nSPS) is 22.3. The van der Waals surface area contributed by atoms with Gasteiger partial charge in [-0.3, -0.25) is 24.1 Å². The molecule has 1 aliphatic carbocycles. The predicted octanol–water partition coefficient (Wildman–Crippen LogP) is 1.36. The number of carbonyl (C=O) groups excluding carboxylic acids is 4. The van der Waals surface area contributed by atoms with E-state index in [2.05, 4.69) is 5.32 Å². The molecule has 3 atom stereocenters. The number of nitrogens with one attached hydrogen (secondary N) is 1. The second-order valence-electron chi connectivity index (χ2n) is 6.78. The molecule has 1 aromatic carbocycles. The van der Waals surface area contributed by atoms with Gasteiger partial charge in [0.15, 0.2) is 6.61 Å². The number of rotatable bonds is 6. The standard InChI is InChI=1S/C20H22N2O5/c1-13(14-7-3-2-4-8-14)21-17(23)12-27-18(24)11-22-19(25)15-9-5-6-10-16(15)20(22)26/h2-8,13,15-16H,9-12H2,1H3,(H,21,23)/t13-,15-,16+/m0/s1. The second kappa shape index (κ2) is 8.16. The summed E-state index contributed by atoms with van der Waals surface area (Å²) in [6.07, 6.45) is 4.79. The Balaban J connectivity index is 1.46. The van der Waals surface area contributed by atoms with E-state index in [0.717, 1.165) is 10.5 Å². The van der Waals surface area contributed by atoms with Crippen molar-refractivity contribution in [2.24, 2.45) is 11.8 Å². The molecule has 7 nitrogen and oxygen atoms in total. The molecule has 3 rings (SSSR count). The van der Waals surface area contributed by atoms with Gasteiger partial charge in [0, 0.05) is 0 Å². The van der Waals surface area contributed by atoms with Crippen molar-refractivity contribution in [3.05, 3.63) is 48.0 Å². The van der Waals surface area contributed by atoms with Crippen molar-refractivity contribution >= 4 is 23.7 Å². The molecular formula is C20H22N2O5. The Morgan fingerprint density at radius 2 is 1.70 bits per heavy atom. The number of nitrogens with zero attached hydrogens (tertiary/aromatic N) is 1. The molecule has 142 valence electrons. The van der Waals surface area contributed by atoms with Gasteiger partial charge in [-0.2, -0.15) is 0 Å². The smallest absolute Gasteiger partial charge is 0.326 e. The fourth-order valence-corrected chi connectivity index (χ4v) is 3.45. The molecular weight excluding hydrogens is 348 g/mol. The summed E-state index contributed by atoms with van der Waals surface area (Å²) in [5.41, 5.74) is 0.932. The van der Waals surface area contributed by atoms with E-state index in [1.165, 1.54) is 0 Å². The number of imide groups is 1. The summed E-state index contributed by atoms with van der Waals surface area (Å²) in [4.78, 5) is 49.5. The summed E-state index contributed by atoms with van der Waals surface area (Å²) in [6.45, 7) is 0.916. The van der Waals surface area contributed by atoms with Crippen molar-refractivity contribution in [1.29, 1.82) is 0 Å². The van der Waals surface area contributed by atoms with Crippen LogP contribution >= 0.6 is 0 Å². The number of likely N-dealkylation sites (tertiary alicyclic amines) is 1. The zero-order valence-corrected chi connectivity index (χ0v) is 15.1. The predicted molar refractivity (Wildman–Crippen MR) is 96.0 cm³/mol. The lowest BCUT2D eigenvalue weighted by molar-refractivity contribution is -0.155. The molecule has 2 aliphatic rings. The summed E-state index contributed by atoms with van der Waals surface area (Å²) in [6, 6.07) is 9.16. The van der Waals surface area contributed by atoms with E-state index in [-0.39, 0.29) is 29.7 Å². The van der Waals surface area contributed by atoms with Gasteiger partial charge in [-0.1, -0.05) is 42.5 Å². The fraction of sp³-hybridized carbons (Fsp3) is 0.400. The maximum Gasteiger partial charge on any atom is 0.326 e. The van der Waals surface area contributed by atoms with Crippen LogP contribution in [0.1, 0.15) is 31.4 Å². The highest BCUT2D eigenvalue weighted by atomic mass is 16.5. The first-order valence-corrected chi connectivity index (χ1v) is 8.97. The summed E-state index contributed by atoms with van der Waals surface area (Å²) in [7, 11) is 0. The highest BCUT2D eigenvalue weighted by Gasteiger charge is 2.47. The van der Waals surface area contributed by atoms with Crippen LogP contribution < -0.4 is 5.32 Å². The van der Waals surface area contributed by atoms with Gasteiger partial charge in [-0.15, -0.1) is 0 Å². The van der Waals surface area contributed by atoms with Crippen LogP contribution in [0.3, 0.4) is 0 Å². The van der Waals surface area contributed by atoms with Crippen LogP contribution in [0.2, 0.25) is 0 Å². The molecule has 1 saturated heterocycles. The van der Waals surface area contributed by atoms with E-state index in [4.69, 9.17) is 4.74 Å². The van der Waals surface area contributed by atoms with Crippen molar-refractivity contribution in [2.45, 2.75) is 25.8 Å². The van der Waals surface area contributed by atoms with Crippen LogP contribution in [0.25, 0.3) is 0 Å². The summed E-state index contributed by atoms with van der Waals surface area (Å²) >= 11 is 0. The third kappa shape index (κ3) is 4.24. The van der Waals surface area contributed by atoms with E-state index in [1.54, 1.807) is 0 Å². The first-order valence-electron chi connectivity index (χ1n) is 8.97. The van der Waals surface area contributed by atoms with E-state index in [1.807, 2.05) is 49.4 Å². The molecule has 0 saturated carbocycles. The van der Waals surface area contributed by atoms with Crippen molar-refractivity contribution in [3.63, 3.8) is 0 Å². The minimum absolute atomic E-state index is 0.227. The van der Waals surface area contributed by atoms with Gasteiger partial charge in [0.05, 0.1) is 17.9 Å². The van der Waals surface area contributed by atoms with Gasteiger partial charge >= 0.3 is 5.97 Å². The van der Waals surface area contributed by atoms with Crippen molar-refractivity contribution in [3.8, 4) is 0 Å². The van der Waals surface area contributed by atoms with Gasteiger partial charge < -0.3 is 10.1 Å². The zero-order valence-electron chi connectivity index (χ0n) is 15.1. The number of hydrogen-bond acceptors (Lipinski definition) is 5. The lowest BCUT2D eigenvalue weighted by Gasteiger charge is -2.16. The average molecular weight is 370 g/mol. The van der Waals surface area contributed by atoms with Gasteiger partial charge in [0.2, 0.25) is 11.8 Å². The Labute approximate surface area is 157 Å². The van der Waals surface area contributed by atoms with Crippen molar-refractivity contribution in [1.82, 2.24) is 10.2 Å². The highest BCUT2D eigenvalue weighted by molar-refractivity contribution is 6.07. The molecule has 0 spiro atoms. The van der Waals surface area contributed by atoms with Crippen molar-refractivity contribution in [2.75, 3.05) is 13.2 Å². The molecule has 0 unspecified atom stereocenters. The molecule has 1 aliphatic heterocycles. The van der Waals surface area contributed by atoms with Crippen LogP contribution in [0.15, 0.2) is 42.5 Å². The maximum atomic E-state index is 12.3. The Hall–Kier alpha value is -2.96. The first-order chi connectivity index (χ1) is 13.0. The topological polar surface area (TPSA) is 92.8 Å². The van der Waals surface area contributed by atoms with Gasteiger partial charge in [-0.25, -0.2) is 0 Å². The second-order valence-corrected chi connectivity index (χ2v) is 6.78. The summed E-state index contributed by atoms with van der Waals surface area (Å²) in [5, 5.41) is 2.73. The van der Waals surface area contributed by atoms with Gasteiger partial charge in [0.25, 0.3) is 5.91 Å². The monoisotopic (exact) mass is 370 g/mol. The highest BCUT2D eigenvalue weighted by Crippen LogP contribution is 2.34. The van der Waals surface area contributed by atoms with Gasteiger partial charge in [0.1, 0.15) is 6.54 Å². The van der Waals surface area contributed by atoms with Crippen LogP contribution in [0.4, 0.5) is 0 Å². The quantitative estimate of drug-likeness (QED) is 0.464. The minimum atomic E-state index is -0.772. The number of allylic oxidation sites excluding steroid dienone is 2. The number of fused-ring (bicyclic) bond motifs is 1. The van der Waals surface area contributed by atoms with E-state index in [9.17, 15) is 19.2 Å². The molecule has 1 aromatic rings. The van der Waals surface area contributed by atoms with Gasteiger partial charge in [-0.05, 0) is 25.3 Å². The molecule has 0 aromatic heterocycles. The number of ether oxygens (including phenoxy) is 1. The Bertz CT molecular complexity index is 748.